The van der Waals surface area contributed by atoms with Crippen molar-refractivity contribution in [2.45, 2.75) is 59.0 Å². The molecule has 1 rings (SSSR count). The third-order valence-electron chi connectivity index (χ3n) is 3.92. The summed E-state index contributed by atoms with van der Waals surface area (Å²) in [6.07, 6.45) is 5.03. The van der Waals surface area contributed by atoms with Crippen LogP contribution in [0.4, 0.5) is 0 Å². The van der Waals surface area contributed by atoms with Crippen LogP contribution >= 0.6 is 0 Å². The first-order chi connectivity index (χ1) is 10.1. The molecule has 1 aromatic carbocycles. The predicted molar refractivity (Wildman–Crippen MR) is 87.4 cm³/mol. The number of hydrogen-bond donors (Lipinski definition) is 1. The van der Waals surface area contributed by atoms with Gasteiger partial charge in [0.25, 0.3) is 5.91 Å². The SMILES string of the molecule is CCCCCCC(O)c1ccc(C(=O)N(CC)CC)cc1. The zero-order valence-corrected chi connectivity index (χ0v) is 13.6. The fourth-order valence-corrected chi connectivity index (χ4v) is 2.47. The second-order valence-corrected chi connectivity index (χ2v) is 5.46. The molecule has 0 heterocycles. The summed E-state index contributed by atoms with van der Waals surface area (Å²) in [5.74, 6) is 0.0592. The van der Waals surface area contributed by atoms with Gasteiger partial charge in [0.1, 0.15) is 0 Å². The molecular formula is C18H29NO2. The largest absolute Gasteiger partial charge is 0.388 e. The monoisotopic (exact) mass is 291 g/mol. The molecule has 0 spiro atoms. The molecule has 3 nitrogen and oxygen atoms in total. The number of aliphatic hydroxyl groups is 1. The summed E-state index contributed by atoms with van der Waals surface area (Å²) in [5, 5.41) is 10.2. The zero-order valence-electron chi connectivity index (χ0n) is 13.6. The van der Waals surface area contributed by atoms with E-state index in [1.165, 1.54) is 19.3 Å². The number of unbranched alkanes of at least 4 members (excludes halogenated alkanes) is 3. The van der Waals surface area contributed by atoms with E-state index < -0.39 is 6.10 Å². The van der Waals surface area contributed by atoms with Crippen molar-refractivity contribution in [1.82, 2.24) is 4.90 Å². The van der Waals surface area contributed by atoms with Gasteiger partial charge in [-0.25, -0.2) is 0 Å². The maximum absolute atomic E-state index is 12.2. The Morgan fingerprint density at radius 2 is 1.67 bits per heavy atom. The highest BCUT2D eigenvalue weighted by Crippen LogP contribution is 2.20. The Morgan fingerprint density at radius 1 is 1.05 bits per heavy atom. The summed E-state index contributed by atoms with van der Waals surface area (Å²) in [4.78, 5) is 14.0. The molecule has 0 aliphatic rings. The molecule has 1 amide bonds. The molecule has 1 N–H and O–H groups in total. The maximum atomic E-state index is 12.2. The van der Waals surface area contributed by atoms with Gasteiger partial charge in [-0.2, -0.15) is 0 Å². The van der Waals surface area contributed by atoms with E-state index in [1.54, 1.807) is 4.90 Å². The van der Waals surface area contributed by atoms with Crippen molar-refractivity contribution < 1.29 is 9.90 Å². The van der Waals surface area contributed by atoms with Crippen LogP contribution in [0.1, 0.15) is 74.9 Å². The highest BCUT2D eigenvalue weighted by atomic mass is 16.3. The number of carbonyl (C=O) groups is 1. The minimum Gasteiger partial charge on any atom is -0.388 e. The molecule has 118 valence electrons. The molecule has 1 atom stereocenters. The van der Waals surface area contributed by atoms with Crippen LogP contribution in [0.15, 0.2) is 24.3 Å². The summed E-state index contributed by atoms with van der Waals surface area (Å²) in [7, 11) is 0. The van der Waals surface area contributed by atoms with E-state index in [0.29, 0.717) is 5.56 Å². The normalized spacial score (nSPS) is 12.2. The molecule has 0 aliphatic carbocycles. The number of amides is 1. The average molecular weight is 291 g/mol. The lowest BCUT2D eigenvalue weighted by Gasteiger charge is -2.19. The molecule has 0 saturated carbocycles. The van der Waals surface area contributed by atoms with E-state index in [-0.39, 0.29) is 5.91 Å². The van der Waals surface area contributed by atoms with Crippen molar-refractivity contribution in [2.24, 2.45) is 0 Å². The third kappa shape index (κ3) is 5.50. The summed E-state index contributed by atoms with van der Waals surface area (Å²) < 4.78 is 0. The minimum atomic E-state index is -0.417. The van der Waals surface area contributed by atoms with Crippen molar-refractivity contribution in [3.8, 4) is 0 Å². The number of carbonyl (C=O) groups excluding carboxylic acids is 1. The fourth-order valence-electron chi connectivity index (χ4n) is 2.47. The smallest absolute Gasteiger partial charge is 0.253 e. The minimum absolute atomic E-state index is 0.0592. The molecule has 1 unspecified atom stereocenters. The molecule has 0 aromatic heterocycles. The zero-order chi connectivity index (χ0) is 15.7. The lowest BCUT2D eigenvalue weighted by atomic mass is 10.0. The van der Waals surface area contributed by atoms with E-state index >= 15 is 0 Å². The predicted octanol–water partition coefficient (Wildman–Crippen LogP) is 4.17. The van der Waals surface area contributed by atoms with E-state index in [2.05, 4.69) is 6.92 Å². The Bertz CT molecular complexity index is 410. The lowest BCUT2D eigenvalue weighted by molar-refractivity contribution is 0.0772. The topological polar surface area (TPSA) is 40.5 Å². The third-order valence-corrected chi connectivity index (χ3v) is 3.92. The van der Waals surface area contributed by atoms with Crippen LogP contribution in [0.25, 0.3) is 0 Å². The van der Waals surface area contributed by atoms with E-state index in [0.717, 1.165) is 31.5 Å². The first kappa shape index (κ1) is 17.7. The van der Waals surface area contributed by atoms with Crippen LogP contribution < -0.4 is 0 Å². The Morgan fingerprint density at radius 3 is 2.19 bits per heavy atom. The maximum Gasteiger partial charge on any atom is 0.253 e. The number of aliphatic hydroxyl groups excluding tert-OH is 1. The molecule has 0 aliphatic heterocycles. The molecule has 21 heavy (non-hydrogen) atoms. The summed E-state index contributed by atoms with van der Waals surface area (Å²) in [6.45, 7) is 7.59. The molecule has 0 fully saturated rings. The standard InChI is InChI=1S/C18H29NO2/c1-4-7-8-9-10-17(20)15-11-13-16(14-12-15)18(21)19(5-2)6-3/h11-14,17,20H,4-10H2,1-3H3. The summed E-state index contributed by atoms with van der Waals surface area (Å²) in [6, 6.07) is 7.40. The van der Waals surface area contributed by atoms with Gasteiger partial charge in [0, 0.05) is 18.7 Å². The molecule has 0 radical (unpaired) electrons. The number of rotatable bonds is 9. The van der Waals surface area contributed by atoms with Crippen molar-refractivity contribution in [3.05, 3.63) is 35.4 Å². The Balaban J connectivity index is 2.58. The molecular weight excluding hydrogens is 262 g/mol. The lowest BCUT2D eigenvalue weighted by Crippen LogP contribution is -2.30. The highest BCUT2D eigenvalue weighted by molar-refractivity contribution is 5.94. The van der Waals surface area contributed by atoms with Gasteiger partial charge in [-0.1, -0.05) is 44.7 Å². The van der Waals surface area contributed by atoms with Crippen molar-refractivity contribution >= 4 is 5.91 Å². The van der Waals surface area contributed by atoms with Crippen LogP contribution in [-0.2, 0) is 0 Å². The van der Waals surface area contributed by atoms with Crippen LogP contribution in [0.5, 0.6) is 0 Å². The van der Waals surface area contributed by atoms with Crippen LogP contribution in [0.3, 0.4) is 0 Å². The van der Waals surface area contributed by atoms with Crippen molar-refractivity contribution in [2.75, 3.05) is 13.1 Å². The molecule has 3 heteroatoms. The Hall–Kier alpha value is -1.35. The van der Waals surface area contributed by atoms with Gasteiger partial charge in [0.2, 0.25) is 0 Å². The van der Waals surface area contributed by atoms with Crippen molar-refractivity contribution in [3.63, 3.8) is 0 Å². The quantitative estimate of drug-likeness (QED) is 0.694. The molecule has 0 bridgehead atoms. The van der Waals surface area contributed by atoms with Gasteiger partial charge < -0.3 is 10.0 Å². The van der Waals surface area contributed by atoms with Gasteiger partial charge in [-0.15, -0.1) is 0 Å². The van der Waals surface area contributed by atoms with E-state index in [4.69, 9.17) is 0 Å². The van der Waals surface area contributed by atoms with E-state index in [1.807, 2.05) is 38.1 Å². The van der Waals surface area contributed by atoms with Gasteiger partial charge in [-0.05, 0) is 38.0 Å². The number of nitrogens with zero attached hydrogens (tertiary/aromatic N) is 1. The van der Waals surface area contributed by atoms with Gasteiger partial charge >= 0.3 is 0 Å². The van der Waals surface area contributed by atoms with Gasteiger partial charge in [-0.3, -0.25) is 4.79 Å². The van der Waals surface area contributed by atoms with Crippen LogP contribution in [-0.4, -0.2) is 29.0 Å². The summed E-state index contributed by atoms with van der Waals surface area (Å²) in [5.41, 5.74) is 1.60. The van der Waals surface area contributed by atoms with Crippen molar-refractivity contribution in [1.29, 1.82) is 0 Å². The average Bonchev–Trinajstić information content (AvgIpc) is 2.52. The second-order valence-electron chi connectivity index (χ2n) is 5.46. The Kier molecular flexibility index (Phi) is 8.06. The summed E-state index contributed by atoms with van der Waals surface area (Å²) >= 11 is 0. The highest BCUT2D eigenvalue weighted by Gasteiger charge is 2.13. The first-order valence-electron chi connectivity index (χ1n) is 8.21. The van der Waals surface area contributed by atoms with E-state index in [9.17, 15) is 9.90 Å². The Labute approximate surface area is 129 Å². The van der Waals surface area contributed by atoms with Gasteiger partial charge in [0.15, 0.2) is 0 Å². The molecule has 1 aromatic rings. The first-order valence-corrected chi connectivity index (χ1v) is 8.21. The number of benzene rings is 1. The van der Waals surface area contributed by atoms with Crippen LogP contribution in [0, 0.1) is 0 Å². The van der Waals surface area contributed by atoms with Gasteiger partial charge in [0.05, 0.1) is 6.10 Å². The fraction of sp³-hybridized carbons (Fsp3) is 0.611. The number of hydrogen-bond acceptors (Lipinski definition) is 2. The van der Waals surface area contributed by atoms with Crippen LogP contribution in [0.2, 0.25) is 0 Å². The molecule has 0 saturated heterocycles. The second kappa shape index (κ2) is 9.56.